The minimum atomic E-state index is -0.137. The van der Waals surface area contributed by atoms with E-state index < -0.39 is 0 Å². The van der Waals surface area contributed by atoms with Crippen molar-refractivity contribution in [1.29, 1.82) is 0 Å². The predicted octanol–water partition coefficient (Wildman–Crippen LogP) is 0.667. The van der Waals surface area contributed by atoms with Gasteiger partial charge in [0.05, 0.1) is 6.20 Å². The molecule has 6 nitrogen and oxygen atoms in total. The number of aryl methyl sites for hydroxylation is 1. The number of aromatic nitrogens is 4. The van der Waals surface area contributed by atoms with Crippen LogP contribution in [0.1, 0.15) is 18.3 Å². The first-order chi connectivity index (χ1) is 7.78. The first kappa shape index (κ1) is 10.4. The number of H-pyrrole nitrogens is 2. The Morgan fingerprint density at radius 1 is 1.50 bits per heavy atom. The van der Waals surface area contributed by atoms with E-state index in [1.165, 1.54) is 6.07 Å². The molecule has 0 atom stereocenters. The van der Waals surface area contributed by atoms with Crippen molar-refractivity contribution in [1.82, 2.24) is 20.2 Å². The van der Waals surface area contributed by atoms with Crippen molar-refractivity contribution >= 4 is 5.82 Å². The van der Waals surface area contributed by atoms with Crippen LogP contribution in [-0.2, 0) is 13.0 Å². The minimum absolute atomic E-state index is 0.137. The molecule has 84 valence electrons. The smallest absolute Gasteiger partial charge is 0.252 e. The van der Waals surface area contributed by atoms with Crippen LogP contribution < -0.4 is 10.9 Å². The molecule has 3 N–H and O–H groups in total. The van der Waals surface area contributed by atoms with Crippen LogP contribution in [0.2, 0.25) is 0 Å². The van der Waals surface area contributed by atoms with E-state index in [0.717, 1.165) is 5.56 Å². The summed E-state index contributed by atoms with van der Waals surface area (Å²) in [6, 6.07) is 1.44. The largest absolute Gasteiger partial charge is 0.366 e. The summed E-state index contributed by atoms with van der Waals surface area (Å²) in [5, 5.41) is 9.63. The number of aromatic amines is 2. The maximum atomic E-state index is 11.3. The standard InChI is InChI=1S/C10H13N5O/c1-2-8-14-9(3-10(16)15-8)11-4-7-5-12-13-6-7/h3,5-6H,2,4H2,1H3,(H,12,13)(H2,11,14,15,16). The van der Waals surface area contributed by atoms with Crippen molar-refractivity contribution < 1.29 is 0 Å². The lowest BCUT2D eigenvalue weighted by atomic mass is 10.3. The Morgan fingerprint density at radius 2 is 2.38 bits per heavy atom. The summed E-state index contributed by atoms with van der Waals surface area (Å²) in [6.45, 7) is 2.54. The lowest BCUT2D eigenvalue weighted by molar-refractivity contribution is 0.914. The molecule has 0 fully saturated rings. The van der Waals surface area contributed by atoms with Gasteiger partial charge in [-0.2, -0.15) is 5.10 Å². The number of anilines is 1. The highest BCUT2D eigenvalue weighted by Gasteiger charge is 2.00. The molecule has 2 aromatic heterocycles. The van der Waals surface area contributed by atoms with Crippen LogP contribution in [0.5, 0.6) is 0 Å². The Morgan fingerprint density at radius 3 is 3.06 bits per heavy atom. The average molecular weight is 219 g/mol. The summed E-state index contributed by atoms with van der Waals surface area (Å²) < 4.78 is 0. The van der Waals surface area contributed by atoms with Gasteiger partial charge in [-0.1, -0.05) is 6.92 Å². The van der Waals surface area contributed by atoms with Crippen LogP contribution in [0.4, 0.5) is 5.82 Å². The normalized spacial score (nSPS) is 10.3. The maximum absolute atomic E-state index is 11.3. The zero-order chi connectivity index (χ0) is 11.4. The Bertz CT molecular complexity index is 502. The van der Waals surface area contributed by atoms with Crippen LogP contribution in [0, 0.1) is 0 Å². The molecule has 0 radical (unpaired) electrons. The molecule has 0 amide bonds. The highest BCUT2D eigenvalue weighted by Crippen LogP contribution is 2.02. The molecule has 2 rings (SSSR count). The van der Waals surface area contributed by atoms with Gasteiger partial charge < -0.3 is 10.3 Å². The fourth-order valence-electron chi connectivity index (χ4n) is 1.33. The second kappa shape index (κ2) is 4.61. The van der Waals surface area contributed by atoms with Crippen LogP contribution in [0.25, 0.3) is 0 Å². The highest BCUT2D eigenvalue weighted by molar-refractivity contribution is 5.33. The first-order valence-electron chi connectivity index (χ1n) is 5.09. The van der Waals surface area contributed by atoms with E-state index >= 15 is 0 Å². The summed E-state index contributed by atoms with van der Waals surface area (Å²) in [7, 11) is 0. The second-order valence-electron chi connectivity index (χ2n) is 3.39. The van der Waals surface area contributed by atoms with Gasteiger partial charge >= 0.3 is 0 Å². The van der Waals surface area contributed by atoms with Gasteiger partial charge in [-0.25, -0.2) is 4.98 Å². The van der Waals surface area contributed by atoms with Crippen molar-refractivity contribution in [2.24, 2.45) is 0 Å². The van der Waals surface area contributed by atoms with Crippen LogP contribution in [0.3, 0.4) is 0 Å². The van der Waals surface area contributed by atoms with Crippen molar-refractivity contribution in [3.63, 3.8) is 0 Å². The van der Waals surface area contributed by atoms with Gasteiger partial charge in [-0.15, -0.1) is 0 Å². The third-order valence-electron chi connectivity index (χ3n) is 2.15. The fraction of sp³-hybridized carbons (Fsp3) is 0.300. The molecule has 0 aliphatic heterocycles. The van der Waals surface area contributed by atoms with E-state index in [4.69, 9.17) is 0 Å². The number of rotatable bonds is 4. The van der Waals surface area contributed by atoms with Gasteiger partial charge in [0.1, 0.15) is 11.6 Å². The molecular formula is C10H13N5O. The van der Waals surface area contributed by atoms with E-state index in [1.54, 1.807) is 12.4 Å². The van der Waals surface area contributed by atoms with Crippen molar-refractivity contribution in [2.45, 2.75) is 19.9 Å². The molecule has 0 saturated carbocycles. The van der Waals surface area contributed by atoms with Crippen LogP contribution >= 0.6 is 0 Å². The Hall–Kier alpha value is -2.11. The van der Waals surface area contributed by atoms with E-state index in [0.29, 0.717) is 24.6 Å². The van der Waals surface area contributed by atoms with Crippen molar-refractivity contribution in [3.8, 4) is 0 Å². The minimum Gasteiger partial charge on any atom is -0.366 e. The average Bonchev–Trinajstić information content (AvgIpc) is 2.78. The number of nitrogens with zero attached hydrogens (tertiary/aromatic N) is 2. The van der Waals surface area contributed by atoms with Gasteiger partial charge in [-0.05, 0) is 0 Å². The molecular weight excluding hydrogens is 206 g/mol. The molecule has 0 unspecified atom stereocenters. The molecule has 0 aliphatic rings. The van der Waals surface area contributed by atoms with E-state index in [-0.39, 0.29) is 5.56 Å². The zero-order valence-corrected chi connectivity index (χ0v) is 8.95. The molecule has 0 aromatic carbocycles. The van der Waals surface area contributed by atoms with Gasteiger partial charge in [-0.3, -0.25) is 9.89 Å². The molecule has 16 heavy (non-hydrogen) atoms. The zero-order valence-electron chi connectivity index (χ0n) is 8.95. The fourth-order valence-corrected chi connectivity index (χ4v) is 1.33. The third kappa shape index (κ3) is 2.47. The summed E-state index contributed by atoms with van der Waals surface area (Å²) in [5.41, 5.74) is 0.877. The monoisotopic (exact) mass is 219 g/mol. The van der Waals surface area contributed by atoms with Crippen LogP contribution in [-0.4, -0.2) is 20.2 Å². The SMILES string of the molecule is CCc1nc(NCc2cn[nH]c2)cc(=O)[nH]1. The molecule has 6 heteroatoms. The quantitative estimate of drug-likeness (QED) is 0.705. The summed E-state index contributed by atoms with van der Waals surface area (Å²) in [6.07, 6.45) is 4.22. The van der Waals surface area contributed by atoms with Gasteiger partial charge in [0.2, 0.25) is 0 Å². The van der Waals surface area contributed by atoms with Gasteiger partial charge in [0.15, 0.2) is 0 Å². The molecule has 0 aliphatic carbocycles. The third-order valence-corrected chi connectivity index (χ3v) is 2.15. The summed E-state index contributed by atoms with van der Waals surface area (Å²) in [4.78, 5) is 18.2. The Labute approximate surface area is 92.1 Å². The Balaban J connectivity index is 2.09. The predicted molar refractivity (Wildman–Crippen MR) is 60.2 cm³/mol. The maximum Gasteiger partial charge on any atom is 0.252 e. The molecule has 2 aromatic rings. The van der Waals surface area contributed by atoms with Crippen LogP contribution in [0.15, 0.2) is 23.3 Å². The Kier molecular flexibility index (Phi) is 3.00. The van der Waals surface area contributed by atoms with E-state index in [9.17, 15) is 4.79 Å². The topological polar surface area (TPSA) is 86.5 Å². The van der Waals surface area contributed by atoms with Crippen molar-refractivity contribution in [3.05, 3.63) is 40.2 Å². The molecule has 0 saturated heterocycles. The molecule has 0 bridgehead atoms. The number of hydrogen-bond acceptors (Lipinski definition) is 4. The molecule has 2 heterocycles. The van der Waals surface area contributed by atoms with Gasteiger partial charge in [0.25, 0.3) is 5.56 Å². The lowest BCUT2D eigenvalue weighted by Gasteiger charge is -2.04. The van der Waals surface area contributed by atoms with Gasteiger partial charge in [0, 0.05) is 30.8 Å². The first-order valence-corrected chi connectivity index (χ1v) is 5.09. The summed E-state index contributed by atoms with van der Waals surface area (Å²) in [5.74, 6) is 1.27. The second-order valence-corrected chi connectivity index (χ2v) is 3.39. The summed E-state index contributed by atoms with van der Waals surface area (Å²) >= 11 is 0. The lowest BCUT2D eigenvalue weighted by Crippen LogP contribution is -2.13. The highest BCUT2D eigenvalue weighted by atomic mass is 16.1. The molecule has 0 spiro atoms. The number of hydrogen-bond donors (Lipinski definition) is 3. The van der Waals surface area contributed by atoms with Crippen molar-refractivity contribution in [2.75, 3.05) is 5.32 Å². The number of nitrogens with one attached hydrogen (secondary N) is 3. The van der Waals surface area contributed by atoms with E-state index in [2.05, 4.69) is 25.5 Å². The van der Waals surface area contributed by atoms with E-state index in [1.807, 2.05) is 6.92 Å².